The minimum atomic E-state index is 1.15. The molecule has 129 valence electrons. The average molecular weight is 337 g/mol. The fourth-order valence-electron chi connectivity index (χ4n) is 3.74. The van der Waals surface area contributed by atoms with E-state index in [0.29, 0.717) is 0 Å². The summed E-state index contributed by atoms with van der Waals surface area (Å²) in [5.41, 5.74) is 13.0. The van der Waals surface area contributed by atoms with E-state index in [-0.39, 0.29) is 0 Å². The Morgan fingerprint density at radius 2 is 1.12 bits per heavy atom. The van der Waals surface area contributed by atoms with Crippen molar-refractivity contribution in [2.24, 2.45) is 0 Å². The van der Waals surface area contributed by atoms with Gasteiger partial charge in [0.2, 0.25) is 0 Å². The second-order valence-electron chi connectivity index (χ2n) is 7.31. The SMILES string of the molecule is C=Cc1ccc(-c2cc(C)c([B]c3c(C)cc(C)cc3C)c(C)c2)cc1. The molecule has 0 N–H and O–H groups in total. The summed E-state index contributed by atoms with van der Waals surface area (Å²) in [6.45, 7) is 14.8. The molecule has 0 aromatic heterocycles. The van der Waals surface area contributed by atoms with E-state index in [0.717, 1.165) is 5.56 Å². The van der Waals surface area contributed by atoms with E-state index in [2.05, 4.69) is 97.0 Å². The Bertz CT molecular complexity index is 916. The van der Waals surface area contributed by atoms with Crippen molar-refractivity contribution in [3.05, 3.63) is 88.5 Å². The van der Waals surface area contributed by atoms with Crippen molar-refractivity contribution in [3.8, 4) is 11.1 Å². The number of benzene rings is 3. The largest absolute Gasteiger partial charge is 0.192 e. The Labute approximate surface area is 158 Å². The zero-order valence-corrected chi connectivity index (χ0v) is 16.5. The molecule has 0 bridgehead atoms. The summed E-state index contributed by atoms with van der Waals surface area (Å²) in [5.74, 6) is 0. The Balaban J connectivity index is 1.99. The van der Waals surface area contributed by atoms with Crippen LogP contribution in [0.5, 0.6) is 0 Å². The first-order chi connectivity index (χ1) is 12.4. The molecule has 0 heterocycles. The van der Waals surface area contributed by atoms with Gasteiger partial charge in [-0.1, -0.05) is 99.9 Å². The third kappa shape index (κ3) is 3.67. The van der Waals surface area contributed by atoms with Crippen LogP contribution in [0, 0.1) is 34.6 Å². The van der Waals surface area contributed by atoms with Gasteiger partial charge in [-0.2, -0.15) is 0 Å². The molecule has 0 atom stereocenters. The lowest BCUT2D eigenvalue weighted by molar-refractivity contribution is 1.35. The monoisotopic (exact) mass is 337 g/mol. The van der Waals surface area contributed by atoms with Crippen molar-refractivity contribution in [1.82, 2.24) is 0 Å². The maximum Gasteiger partial charge on any atom is 0.192 e. The van der Waals surface area contributed by atoms with Crippen molar-refractivity contribution in [2.45, 2.75) is 34.6 Å². The van der Waals surface area contributed by atoms with Gasteiger partial charge in [-0.15, -0.1) is 0 Å². The van der Waals surface area contributed by atoms with Crippen LogP contribution in [0.1, 0.15) is 33.4 Å². The van der Waals surface area contributed by atoms with E-state index < -0.39 is 0 Å². The Hall–Kier alpha value is -2.54. The van der Waals surface area contributed by atoms with Crippen LogP contribution < -0.4 is 10.9 Å². The molecule has 3 rings (SSSR count). The summed E-state index contributed by atoms with van der Waals surface area (Å²) in [5, 5.41) is 0. The van der Waals surface area contributed by atoms with E-state index in [9.17, 15) is 0 Å². The molecule has 3 aromatic carbocycles. The predicted octanol–water partition coefficient (Wildman–Crippen LogP) is 5.19. The van der Waals surface area contributed by atoms with Crippen LogP contribution in [0.25, 0.3) is 17.2 Å². The molecule has 1 radical (unpaired) electrons. The van der Waals surface area contributed by atoms with E-state index in [1.165, 1.54) is 49.9 Å². The van der Waals surface area contributed by atoms with Gasteiger partial charge in [-0.25, -0.2) is 0 Å². The van der Waals surface area contributed by atoms with E-state index in [4.69, 9.17) is 0 Å². The highest BCUT2D eigenvalue weighted by atomic mass is 14.1. The fraction of sp³-hybridized carbons (Fsp3) is 0.200. The minimum absolute atomic E-state index is 1.15. The molecule has 0 aliphatic rings. The van der Waals surface area contributed by atoms with E-state index in [1.807, 2.05) is 6.08 Å². The lowest BCUT2D eigenvalue weighted by atomic mass is 9.58. The summed E-state index contributed by atoms with van der Waals surface area (Å²) >= 11 is 0. The molecule has 0 saturated heterocycles. The third-order valence-corrected chi connectivity index (χ3v) is 5.10. The molecule has 0 aliphatic heterocycles. The predicted molar refractivity (Wildman–Crippen MR) is 117 cm³/mol. The van der Waals surface area contributed by atoms with Gasteiger partial charge in [0.05, 0.1) is 0 Å². The normalized spacial score (nSPS) is 10.7. The molecular formula is C25H26B. The van der Waals surface area contributed by atoms with E-state index in [1.54, 1.807) is 0 Å². The van der Waals surface area contributed by atoms with Crippen LogP contribution in [0.15, 0.2) is 55.1 Å². The van der Waals surface area contributed by atoms with E-state index >= 15 is 0 Å². The topological polar surface area (TPSA) is 0 Å². The van der Waals surface area contributed by atoms with Gasteiger partial charge in [-0.3, -0.25) is 0 Å². The zero-order chi connectivity index (χ0) is 18.8. The Kier molecular flexibility index (Phi) is 5.18. The molecule has 0 saturated carbocycles. The van der Waals surface area contributed by atoms with Gasteiger partial charge < -0.3 is 0 Å². The summed E-state index contributed by atoms with van der Waals surface area (Å²) in [7, 11) is 2.35. The second kappa shape index (κ2) is 7.37. The first kappa shape index (κ1) is 18.3. The molecule has 3 aromatic rings. The van der Waals surface area contributed by atoms with Gasteiger partial charge in [0, 0.05) is 0 Å². The average Bonchev–Trinajstić information content (AvgIpc) is 2.59. The highest BCUT2D eigenvalue weighted by Gasteiger charge is 2.12. The third-order valence-electron chi connectivity index (χ3n) is 5.10. The van der Waals surface area contributed by atoms with Crippen LogP contribution in [-0.2, 0) is 0 Å². The molecule has 0 aliphatic carbocycles. The summed E-state index contributed by atoms with van der Waals surface area (Å²) in [6, 6.07) is 17.7. The van der Waals surface area contributed by atoms with Crippen molar-refractivity contribution in [3.63, 3.8) is 0 Å². The minimum Gasteiger partial charge on any atom is -0.0985 e. The lowest BCUT2D eigenvalue weighted by Crippen LogP contribution is -2.34. The highest BCUT2D eigenvalue weighted by Crippen LogP contribution is 2.22. The van der Waals surface area contributed by atoms with Crippen LogP contribution in [0.3, 0.4) is 0 Å². The number of hydrogen-bond acceptors (Lipinski definition) is 0. The first-order valence-electron chi connectivity index (χ1n) is 9.16. The van der Waals surface area contributed by atoms with Gasteiger partial charge >= 0.3 is 0 Å². The zero-order valence-electron chi connectivity index (χ0n) is 16.5. The summed E-state index contributed by atoms with van der Waals surface area (Å²) in [4.78, 5) is 0. The van der Waals surface area contributed by atoms with Crippen molar-refractivity contribution in [1.29, 1.82) is 0 Å². The van der Waals surface area contributed by atoms with Gasteiger partial charge in [0.15, 0.2) is 7.28 Å². The standard InChI is InChI=1S/C25H26B/c1-7-21-8-10-22(11-9-21)23-14-19(5)25(20(6)15-23)26-24-17(3)12-16(2)13-18(24)4/h7-15H,1H2,2-6H3. The molecule has 1 heteroatoms. The maximum atomic E-state index is 3.83. The second-order valence-corrected chi connectivity index (χ2v) is 7.31. The van der Waals surface area contributed by atoms with Gasteiger partial charge in [-0.05, 0) is 51.3 Å². The fourth-order valence-corrected chi connectivity index (χ4v) is 3.74. The smallest absolute Gasteiger partial charge is 0.0985 e. The van der Waals surface area contributed by atoms with Crippen LogP contribution in [0.2, 0.25) is 0 Å². The van der Waals surface area contributed by atoms with Crippen molar-refractivity contribution >= 4 is 24.3 Å². The Morgan fingerprint density at radius 3 is 1.58 bits per heavy atom. The molecule has 0 spiro atoms. The first-order valence-corrected chi connectivity index (χ1v) is 9.16. The summed E-state index contributed by atoms with van der Waals surface area (Å²) < 4.78 is 0. The molecule has 26 heavy (non-hydrogen) atoms. The number of aryl methyl sites for hydroxylation is 5. The molecule has 0 unspecified atom stereocenters. The van der Waals surface area contributed by atoms with Crippen LogP contribution in [-0.4, -0.2) is 7.28 Å². The van der Waals surface area contributed by atoms with Crippen LogP contribution >= 0.6 is 0 Å². The quantitative estimate of drug-likeness (QED) is 0.575. The van der Waals surface area contributed by atoms with Crippen LogP contribution in [0.4, 0.5) is 0 Å². The lowest BCUT2D eigenvalue weighted by Gasteiger charge is -2.16. The number of hydrogen-bond donors (Lipinski definition) is 0. The van der Waals surface area contributed by atoms with Gasteiger partial charge in [0.1, 0.15) is 0 Å². The molecule has 0 amide bonds. The number of rotatable bonds is 4. The molecular weight excluding hydrogens is 311 g/mol. The Morgan fingerprint density at radius 1 is 0.654 bits per heavy atom. The van der Waals surface area contributed by atoms with Crippen molar-refractivity contribution < 1.29 is 0 Å². The maximum absolute atomic E-state index is 3.83. The highest BCUT2D eigenvalue weighted by molar-refractivity contribution is 6.69. The molecule has 0 fully saturated rings. The van der Waals surface area contributed by atoms with Gasteiger partial charge in [0.25, 0.3) is 0 Å². The summed E-state index contributed by atoms with van der Waals surface area (Å²) in [6.07, 6.45) is 1.88. The van der Waals surface area contributed by atoms with Crippen molar-refractivity contribution in [2.75, 3.05) is 0 Å². The molecule has 0 nitrogen and oxygen atoms in total.